The molecule has 0 bridgehead atoms. The molecule has 0 saturated carbocycles. The molecule has 1 aliphatic rings. The smallest absolute Gasteiger partial charge is 0.449 e. The van der Waals surface area contributed by atoms with Gasteiger partial charge in [0.05, 0.1) is 6.54 Å². The van der Waals surface area contributed by atoms with Crippen LogP contribution in [0, 0.1) is 0 Å². The summed E-state index contributed by atoms with van der Waals surface area (Å²) in [5.41, 5.74) is 2.30. The molecule has 100 valence electrons. The van der Waals surface area contributed by atoms with Crippen LogP contribution in [0.25, 0.3) is 0 Å². The van der Waals surface area contributed by atoms with E-state index in [0.29, 0.717) is 12.3 Å². The van der Waals surface area contributed by atoms with Gasteiger partial charge in [-0.2, -0.15) is 13.2 Å². The third kappa shape index (κ3) is 2.32. The lowest BCUT2D eigenvalue weighted by Gasteiger charge is -2.17. The summed E-state index contributed by atoms with van der Waals surface area (Å²) in [6.07, 6.45) is -3.50. The van der Waals surface area contributed by atoms with E-state index in [9.17, 15) is 13.2 Å². The van der Waals surface area contributed by atoms with Crippen molar-refractivity contribution in [3.8, 4) is 0 Å². The van der Waals surface area contributed by atoms with E-state index < -0.39 is 11.9 Å². The van der Waals surface area contributed by atoms with Crippen molar-refractivity contribution in [3.05, 3.63) is 53.5 Å². The van der Waals surface area contributed by atoms with Gasteiger partial charge in [0.15, 0.2) is 0 Å². The molecule has 0 unspecified atom stereocenters. The monoisotopic (exact) mass is 267 g/mol. The van der Waals surface area contributed by atoms with Gasteiger partial charge in [-0.3, -0.25) is 0 Å². The predicted octanol–water partition coefficient (Wildman–Crippen LogP) is 3.86. The fourth-order valence-electron chi connectivity index (χ4n) is 2.37. The quantitative estimate of drug-likeness (QED) is 0.821. The van der Waals surface area contributed by atoms with Gasteiger partial charge < -0.3 is 9.32 Å². The van der Waals surface area contributed by atoms with Crippen LogP contribution in [0.15, 0.2) is 40.8 Å². The summed E-state index contributed by atoms with van der Waals surface area (Å²) in [5.74, 6) is -0.598. The Morgan fingerprint density at radius 1 is 1.11 bits per heavy atom. The van der Waals surface area contributed by atoms with E-state index in [1.807, 2.05) is 29.2 Å². The Morgan fingerprint density at radius 2 is 1.89 bits per heavy atom. The maximum Gasteiger partial charge on any atom is 0.449 e. The SMILES string of the molecule is FC(F)(F)c1ccc(CN2CCc3ccccc32)o1. The highest BCUT2D eigenvalue weighted by molar-refractivity contribution is 5.57. The third-order valence-corrected chi connectivity index (χ3v) is 3.27. The summed E-state index contributed by atoms with van der Waals surface area (Å²) >= 11 is 0. The highest BCUT2D eigenvalue weighted by atomic mass is 19.4. The zero-order valence-corrected chi connectivity index (χ0v) is 10.1. The molecule has 1 aromatic heterocycles. The molecule has 1 aromatic carbocycles. The molecule has 2 heterocycles. The van der Waals surface area contributed by atoms with E-state index in [1.165, 1.54) is 11.6 Å². The number of para-hydroxylation sites is 1. The molecule has 5 heteroatoms. The van der Waals surface area contributed by atoms with E-state index in [0.717, 1.165) is 24.7 Å². The van der Waals surface area contributed by atoms with Gasteiger partial charge in [-0.15, -0.1) is 0 Å². The van der Waals surface area contributed by atoms with Crippen molar-refractivity contribution in [3.63, 3.8) is 0 Å². The molecule has 0 radical (unpaired) electrons. The zero-order valence-electron chi connectivity index (χ0n) is 10.1. The molecule has 1 aliphatic heterocycles. The Kier molecular flexibility index (Phi) is 2.77. The van der Waals surface area contributed by atoms with Crippen LogP contribution in [-0.2, 0) is 19.1 Å². The third-order valence-electron chi connectivity index (χ3n) is 3.27. The minimum atomic E-state index is -4.42. The van der Waals surface area contributed by atoms with Crippen LogP contribution in [0.4, 0.5) is 18.9 Å². The van der Waals surface area contributed by atoms with Gasteiger partial charge in [0, 0.05) is 12.2 Å². The molecule has 19 heavy (non-hydrogen) atoms. The van der Waals surface area contributed by atoms with E-state index in [4.69, 9.17) is 4.42 Å². The van der Waals surface area contributed by atoms with Crippen molar-refractivity contribution >= 4 is 5.69 Å². The first kappa shape index (κ1) is 12.1. The van der Waals surface area contributed by atoms with Crippen molar-refractivity contribution in [2.24, 2.45) is 0 Å². The molecule has 0 atom stereocenters. The summed E-state index contributed by atoms with van der Waals surface area (Å²) in [4.78, 5) is 2.04. The van der Waals surface area contributed by atoms with Crippen LogP contribution in [0.3, 0.4) is 0 Å². The fraction of sp³-hybridized carbons (Fsp3) is 0.286. The lowest BCUT2D eigenvalue weighted by molar-refractivity contribution is -0.153. The number of benzene rings is 1. The fourth-order valence-corrected chi connectivity index (χ4v) is 2.37. The number of fused-ring (bicyclic) bond motifs is 1. The normalized spacial score (nSPS) is 14.8. The standard InChI is InChI=1S/C14H12F3NO/c15-14(16,17)13-6-5-11(19-13)9-18-8-7-10-3-1-2-4-12(10)18/h1-6H,7-9H2. The van der Waals surface area contributed by atoms with Gasteiger partial charge in [0.1, 0.15) is 5.76 Å². The Bertz CT molecular complexity index is 588. The second-order valence-electron chi connectivity index (χ2n) is 4.56. The highest BCUT2D eigenvalue weighted by Gasteiger charge is 2.35. The Labute approximate surface area is 108 Å². The molecule has 0 aliphatic carbocycles. The summed E-state index contributed by atoms with van der Waals surface area (Å²) in [6, 6.07) is 10.3. The van der Waals surface area contributed by atoms with Gasteiger partial charge >= 0.3 is 6.18 Å². The van der Waals surface area contributed by atoms with Crippen molar-refractivity contribution < 1.29 is 17.6 Å². The number of nitrogens with zero attached hydrogens (tertiary/aromatic N) is 1. The Hall–Kier alpha value is -1.91. The maximum atomic E-state index is 12.4. The minimum Gasteiger partial charge on any atom is -0.455 e. The van der Waals surface area contributed by atoms with Crippen LogP contribution in [0.2, 0.25) is 0 Å². The average Bonchev–Trinajstić information content (AvgIpc) is 2.97. The van der Waals surface area contributed by atoms with Gasteiger partial charge in [-0.25, -0.2) is 0 Å². The molecule has 2 nitrogen and oxygen atoms in total. The first-order valence-corrected chi connectivity index (χ1v) is 6.03. The van der Waals surface area contributed by atoms with Crippen molar-refractivity contribution in [1.82, 2.24) is 0 Å². The Balaban J connectivity index is 1.78. The van der Waals surface area contributed by atoms with E-state index in [1.54, 1.807) is 0 Å². The van der Waals surface area contributed by atoms with Crippen LogP contribution >= 0.6 is 0 Å². The zero-order chi connectivity index (χ0) is 13.5. The van der Waals surface area contributed by atoms with Crippen LogP contribution < -0.4 is 4.90 Å². The molecule has 0 spiro atoms. The number of halogens is 3. The van der Waals surface area contributed by atoms with Gasteiger partial charge in [0.2, 0.25) is 5.76 Å². The van der Waals surface area contributed by atoms with Crippen LogP contribution in [-0.4, -0.2) is 6.54 Å². The number of hydrogen-bond acceptors (Lipinski definition) is 2. The minimum absolute atomic E-state index is 0.337. The van der Waals surface area contributed by atoms with Crippen molar-refractivity contribution in [1.29, 1.82) is 0 Å². The van der Waals surface area contributed by atoms with Crippen molar-refractivity contribution in [2.75, 3.05) is 11.4 Å². The molecule has 0 saturated heterocycles. The predicted molar refractivity (Wildman–Crippen MR) is 64.9 cm³/mol. The number of hydrogen-bond donors (Lipinski definition) is 0. The van der Waals surface area contributed by atoms with Gasteiger partial charge in [0.25, 0.3) is 0 Å². The molecule has 2 aromatic rings. The molecule has 0 amide bonds. The summed E-state index contributed by atoms with van der Waals surface area (Å²) in [6.45, 7) is 1.18. The topological polar surface area (TPSA) is 16.4 Å². The van der Waals surface area contributed by atoms with Gasteiger partial charge in [-0.05, 0) is 30.2 Å². The van der Waals surface area contributed by atoms with Gasteiger partial charge in [-0.1, -0.05) is 18.2 Å². The van der Waals surface area contributed by atoms with Crippen LogP contribution in [0.5, 0.6) is 0 Å². The Morgan fingerprint density at radius 3 is 2.63 bits per heavy atom. The largest absolute Gasteiger partial charge is 0.455 e. The molecule has 0 N–H and O–H groups in total. The number of anilines is 1. The number of alkyl halides is 3. The van der Waals surface area contributed by atoms with E-state index in [-0.39, 0.29) is 0 Å². The first-order chi connectivity index (χ1) is 9.04. The molecular formula is C14H12F3NO. The van der Waals surface area contributed by atoms with E-state index in [2.05, 4.69) is 0 Å². The average molecular weight is 267 g/mol. The number of furan rings is 1. The lowest BCUT2D eigenvalue weighted by Crippen LogP contribution is -2.19. The molecular weight excluding hydrogens is 255 g/mol. The van der Waals surface area contributed by atoms with E-state index >= 15 is 0 Å². The first-order valence-electron chi connectivity index (χ1n) is 6.03. The summed E-state index contributed by atoms with van der Waals surface area (Å²) in [7, 11) is 0. The highest BCUT2D eigenvalue weighted by Crippen LogP contribution is 2.33. The summed E-state index contributed by atoms with van der Waals surface area (Å²) < 4.78 is 42.2. The second-order valence-corrected chi connectivity index (χ2v) is 4.56. The van der Waals surface area contributed by atoms with Crippen LogP contribution in [0.1, 0.15) is 17.1 Å². The maximum absolute atomic E-state index is 12.4. The number of rotatable bonds is 2. The molecule has 0 fully saturated rings. The molecule has 3 rings (SSSR count). The van der Waals surface area contributed by atoms with Crippen molar-refractivity contribution in [2.45, 2.75) is 19.1 Å². The second kappa shape index (κ2) is 4.33. The lowest BCUT2D eigenvalue weighted by atomic mass is 10.2. The summed E-state index contributed by atoms with van der Waals surface area (Å²) in [5, 5.41) is 0.